The maximum Gasteiger partial charge on any atom is -0.0167 e. The predicted octanol–water partition coefficient (Wildman–Crippen LogP) is -0.567. The Hall–Kier alpha value is 0.210. The molecule has 36 valence electrons. The molecule has 0 atom stereocenters. The van der Waals surface area contributed by atoms with E-state index in [1.54, 1.807) is 0 Å². The SMILES string of the molecule is CNC.Cl.O. The number of rotatable bonds is 0. The first-order valence-corrected chi connectivity index (χ1v) is 1.00. The van der Waals surface area contributed by atoms with Crippen LogP contribution in [0.3, 0.4) is 0 Å². The molecule has 0 aliphatic rings. The lowest BCUT2D eigenvalue weighted by Crippen LogP contribution is -1.89. The minimum Gasteiger partial charge on any atom is -0.412 e. The Balaban J connectivity index is -0.0000000200. The predicted molar refractivity (Wildman–Crippen MR) is 25.8 cm³/mol. The van der Waals surface area contributed by atoms with Crippen LogP contribution in [0.15, 0.2) is 0 Å². The average molecular weight is 99.6 g/mol. The Labute approximate surface area is 38.3 Å². The van der Waals surface area contributed by atoms with Crippen molar-refractivity contribution in [1.82, 2.24) is 5.32 Å². The monoisotopic (exact) mass is 99.0 g/mol. The molecule has 0 spiro atoms. The zero-order chi connectivity index (χ0) is 2.71. The Morgan fingerprint density at radius 1 is 1.20 bits per heavy atom. The average Bonchev–Trinajstić information content (AvgIpc) is 0.918. The molecule has 0 aliphatic heterocycles. The van der Waals surface area contributed by atoms with Gasteiger partial charge in [0.2, 0.25) is 0 Å². The van der Waals surface area contributed by atoms with Crippen molar-refractivity contribution in [1.29, 1.82) is 0 Å². The van der Waals surface area contributed by atoms with Crippen molar-refractivity contribution in [3.05, 3.63) is 0 Å². The van der Waals surface area contributed by atoms with Gasteiger partial charge in [-0.3, -0.25) is 0 Å². The van der Waals surface area contributed by atoms with E-state index in [9.17, 15) is 0 Å². The van der Waals surface area contributed by atoms with Crippen LogP contribution in [0.4, 0.5) is 0 Å². The molecule has 0 radical (unpaired) electrons. The van der Waals surface area contributed by atoms with Crippen molar-refractivity contribution >= 4 is 12.4 Å². The van der Waals surface area contributed by atoms with Gasteiger partial charge >= 0.3 is 0 Å². The van der Waals surface area contributed by atoms with E-state index >= 15 is 0 Å². The quantitative estimate of drug-likeness (QED) is 0.435. The van der Waals surface area contributed by atoms with Gasteiger partial charge in [0.1, 0.15) is 0 Å². The van der Waals surface area contributed by atoms with E-state index in [2.05, 4.69) is 5.32 Å². The molecule has 0 rings (SSSR count). The summed E-state index contributed by atoms with van der Waals surface area (Å²) in [6.07, 6.45) is 0. The molecule has 0 saturated heterocycles. The van der Waals surface area contributed by atoms with Gasteiger partial charge in [-0.05, 0) is 14.1 Å². The lowest BCUT2D eigenvalue weighted by molar-refractivity contribution is 0.824. The van der Waals surface area contributed by atoms with Crippen molar-refractivity contribution < 1.29 is 5.48 Å². The summed E-state index contributed by atoms with van der Waals surface area (Å²) in [5.74, 6) is 0. The minimum atomic E-state index is 0. The molecule has 2 nitrogen and oxygen atoms in total. The Morgan fingerprint density at radius 3 is 1.20 bits per heavy atom. The molecular formula is C2H10ClNO. The third-order valence-electron chi connectivity index (χ3n) is 0. The Bertz CT molecular complexity index is 9.61. The number of hydrogen-bond donors (Lipinski definition) is 1. The molecule has 0 aromatic carbocycles. The maximum absolute atomic E-state index is 2.75. The van der Waals surface area contributed by atoms with Gasteiger partial charge in [-0.25, -0.2) is 0 Å². The van der Waals surface area contributed by atoms with Gasteiger partial charge in [0.05, 0.1) is 0 Å². The fourth-order valence-corrected chi connectivity index (χ4v) is 0. The van der Waals surface area contributed by atoms with E-state index < -0.39 is 0 Å². The first-order chi connectivity index (χ1) is 1.41. The van der Waals surface area contributed by atoms with Crippen molar-refractivity contribution in [2.24, 2.45) is 0 Å². The topological polar surface area (TPSA) is 43.5 Å². The standard InChI is InChI=1S/C2H7N.ClH.H2O/c1-3-2;;/h3H,1-2H3;1H;1H2. The van der Waals surface area contributed by atoms with Crippen LogP contribution in [-0.2, 0) is 0 Å². The zero-order valence-corrected chi connectivity index (χ0v) is 4.22. The fraction of sp³-hybridized carbons (Fsp3) is 1.00. The van der Waals surface area contributed by atoms with Crippen molar-refractivity contribution in [2.75, 3.05) is 14.1 Å². The second-order valence-corrected chi connectivity index (χ2v) is 0.500. The van der Waals surface area contributed by atoms with Gasteiger partial charge in [-0.1, -0.05) is 0 Å². The van der Waals surface area contributed by atoms with Crippen LogP contribution in [0.25, 0.3) is 0 Å². The molecule has 0 unspecified atom stereocenters. The van der Waals surface area contributed by atoms with E-state index in [-0.39, 0.29) is 17.9 Å². The molecule has 0 saturated carbocycles. The highest BCUT2D eigenvalue weighted by Crippen LogP contribution is 0.981. The Kier molecular flexibility index (Phi) is 112. The van der Waals surface area contributed by atoms with Crippen LogP contribution in [-0.4, -0.2) is 19.6 Å². The van der Waals surface area contributed by atoms with Crippen LogP contribution >= 0.6 is 12.4 Å². The third kappa shape index (κ3) is 466. The van der Waals surface area contributed by atoms with Crippen LogP contribution < -0.4 is 5.32 Å². The summed E-state index contributed by atoms with van der Waals surface area (Å²) in [5, 5.41) is 2.75. The van der Waals surface area contributed by atoms with Crippen LogP contribution in [0, 0.1) is 0 Å². The summed E-state index contributed by atoms with van der Waals surface area (Å²) < 4.78 is 0. The molecule has 3 N–H and O–H groups in total. The summed E-state index contributed by atoms with van der Waals surface area (Å²) in [4.78, 5) is 0. The van der Waals surface area contributed by atoms with E-state index in [0.29, 0.717) is 0 Å². The molecule has 0 aromatic rings. The minimum absolute atomic E-state index is 0. The summed E-state index contributed by atoms with van der Waals surface area (Å²) >= 11 is 0. The number of nitrogens with one attached hydrogen (secondary N) is 1. The third-order valence-corrected chi connectivity index (χ3v) is 0. The smallest absolute Gasteiger partial charge is 0.0167 e. The van der Waals surface area contributed by atoms with Gasteiger partial charge in [0, 0.05) is 0 Å². The molecule has 5 heavy (non-hydrogen) atoms. The first-order valence-electron chi connectivity index (χ1n) is 1.00. The highest BCUT2D eigenvalue weighted by atomic mass is 35.5. The molecule has 0 amide bonds. The largest absolute Gasteiger partial charge is 0.412 e. The summed E-state index contributed by atoms with van der Waals surface area (Å²) in [5.41, 5.74) is 0. The van der Waals surface area contributed by atoms with Crippen molar-refractivity contribution in [3.8, 4) is 0 Å². The van der Waals surface area contributed by atoms with Crippen LogP contribution in [0.1, 0.15) is 0 Å². The Morgan fingerprint density at radius 2 is 1.20 bits per heavy atom. The lowest BCUT2D eigenvalue weighted by atomic mass is 11.3. The van der Waals surface area contributed by atoms with Crippen molar-refractivity contribution in [3.63, 3.8) is 0 Å². The fourth-order valence-electron chi connectivity index (χ4n) is 0. The molecule has 0 heterocycles. The van der Waals surface area contributed by atoms with E-state index in [4.69, 9.17) is 0 Å². The van der Waals surface area contributed by atoms with Crippen LogP contribution in [0.5, 0.6) is 0 Å². The van der Waals surface area contributed by atoms with Gasteiger partial charge in [0.25, 0.3) is 0 Å². The second kappa shape index (κ2) is 29.6. The molecule has 0 bridgehead atoms. The van der Waals surface area contributed by atoms with Crippen LogP contribution in [0.2, 0.25) is 0 Å². The van der Waals surface area contributed by atoms with Gasteiger partial charge < -0.3 is 10.8 Å². The second-order valence-electron chi connectivity index (χ2n) is 0.500. The van der Waals surface area contributed by atoms with E-state index in [1.807, 2.05) is 14.1 Å². The molecule has 3 heteroatoms. The van der Waals surface area contributed by atoms with E-state index in [0.717, 1.165) is 0 Å². The van der Waals surface area contributed by atoms with Crippen molar-refractivity contribution in [2.45, 2.75) is 0 Å². The summed E-state index contributed by atoms with van der Waals surface area (Å²) in [7, 11) is 3.75. The molecule has 0 aromatic heterocycles. The highest BCUT2D eigenvalue weighted by molar-refractivity contribution is 5.85. The molecular weight excluding hydrogens is 89.5 g/mol. The summed E-state index contributed by atoms with van der Waals surface area (Å²) in [6, 6.07) is 0. The molecule has 0 aliphatic carbocycles. The van der Waals surface area contributed by atoms with Gasteiger partial charge in [0.15, 0.2) is 0 Å². The van der Waals surface area contributed by atoms with E-state index in [1.165, 1.54) is 0 Å². The summed E-state index contributed by atoms with van der Waals surface area (Å²) in [6.45, 7) is 0. The number of hydrogen-bond acceptors (Lipinski definition) is 1. The maximum atomic E-state index is 2.75. The highest BCUT2D eigenvalue weighted by Gasteiger charge is 1.25. The first kappa shape index (κ1) is 18.9. The number of halogens is 1. The molecule has 0 fully saturated rings. The van der Waals surface area contributed by atoms with Gasteiger partial charge in [-0.15, -0.1) is 12.4 Å². The normalized spacial score (nSPS) is 3.60. The van der Waals surface area contributed by atoms with Gasteiger partial charge in [-0.2, -0.15) is 0 Å². The zero-order valence-electron chi connectivity index (χ0n) is 3.41. The lowest BCUT2D eigenvalue weighted by Gasteiger charge is -1.59.